The van der Waals surface area contributed by atoms with E-state index in [9.17, 15) is 0 Å². The van der Waals surface area contributed by atoms with Crippen molar-refractivity contribution in [3.8, 4) is 0 Å². The number of methoxy groups -OCH3 is 1. The Labute approximate surface area is 114 Å². The molecule has 3 nitrogen and oxygen atoms in total. The number of thiazole rings is 1. The number of nitrogens with one attached hydrogen (secondary N) is 1. The highest BCUT2D eigenvalue weighted by Gasteiger charge is 2.30. The van der Waals surface area contributed by atoms with E-state index >= 15 is 0 Å². The molecule has 0 aliphatic heterocycles. The van der Waals surface area contributed by atoms with E-state index in [-0.39, 0.29) is 0 Å². The largest absolute Gasteiger partial charge is 0.383 e. The average Bonchev–Trinajstić information content (AvgIpc) is 2.74. The van der Waals surface area contributed by atoms with Gasteiger partial charge in [-0.3, -0.25) is 0 Å². The molecule has 102 valence electrons. The predicted octanol–water partition coefficient (Wildman–Crippen LogP) is 3.34. The van der Waals surface area contributed by atoms with E-state index in [1.807, 2.05) is 11.3 Å². The van der Waals surface area contributed by atoms with Crippen LogP contribution in [0.25, 0.3) is 0 Å². The van der Waals surface area contributed by atoms with Gasteiger partial charge in [-0.1, -0.05) is 20.3 Å². The molecule has 0 amide bonds. The van der Waals surface area contributed by atoms with Crippen molar-refractivity contribution < 1.29 is 4.74 Å². The van der Waals surface area contributed by atoms with Crippen LogP contribution in [0.2, 0.25) is 0 Å². The smallest absolute Gasteiger partial charge is 0.110 e. The van der Waals surface area contributed by atoms with Gasteiger partial charge in [0, 0.05) is 19.0 Å². The Hall–Kier alpha value is -0.450. The third-order valence-electron chi connectivity index (χ3n) is 3.69. The zero-order valence-electron chi connectivity index (χ0n) is 11.6. The zero-order chi connectivity index (χ0) is 13.0. The highest BCUT2D eigenvalue weighted by molar-refractivity contribution is 7.09. The van der Waals surface area contributed by atoms with Gasteiger partial charge in [0.1, 0.15) is 5.01 Å². The van der Waals surface area contributed by atoms with Gasteiger partial charge in [-0.15, -0.1) is 11.3 Å². The summed E-state index contributed by atoms with van der Waals surface area (Å²) in [6, 6.07) is 0.436. The molecule has 0 aromatic carbocycles. The van der Waals surface area contributed by atoms with E-state index in [0.717, 1.165) is 19.1 Å². The first-order chi connectivity index (χ1) is 8.72. The van der Waals surface area contributed by atoms with Crippen LogP contribution in [0.4, 0.5) is 0 Å². The second kappa shape index (κ2) is 6.64. The summed E-state index contributed by atoms with van der Waals surface area (Å²) in [4.78, 5) is 4.81. The second-order valence-electron chi connectivity index (χ2n) is 5.38. The summed E-state index contributed by atoms with van der Waals surface area (Å²) in [5.41, 5.74) is 1.23. The number of hydrogen-bond acceptors (Lipinski definition) is 4. The summed E-state index contributed by atoms with van der Waals surface area (Å²) < 4.78 is 5.12. The van der Waals surface area contributed by atoms with Crippen molar-refractivity contribution in [3.63, 3.8) is 0 Å². The number of nitrogens with zero attached hydrogens (tertiary/aromatic N) is 1. The summed E-state index contributed by atoms with van der Waals surface area (Å²) in [7, 11) is 1.75. The van der Waals surface area contributed by atoms with Crippen LogP contribution in [-0.4, -0.2) is 25.2 Å². The number of rotatable bonds is 7. The lowest BCUT2D eigenvalue weighted by Crippen LogP contribution is -2.34. The second-order valence-corrected chi connectivity index (χ2v) is 6.27. The van der Waals surface area contributed by atoms with E-state index in [1.54, 1.807) is 7.11 Å². The molecule has 18 heavy (non-hydrogen) atoms. The fourth-order valence-electron chi connectivity index (χ4n) is 2.25. The Kier molecular flexibility index (Phi) is 5.15. The maximum Gasteiger partial charge on any atom is 0.110 e. The molecule has 1 atom stereocenters. The quantitative estimate of drug-likeness (QED) is 0.770. The Balaban J connectivity index is 2.01. The summed E-state index contributed by atoms with van der Waals surface area (Å²) in [6.07, 6.45) is 4.04. The van der Waals surface area contributed by atoms with Gasteiger partial charge in [-0.2, -0.15) is 0 Å². The normalized spacial score (nSPS) is 18.0. The van der Waals surface area contributed by atoms with Crippen molar-refractivity contribution >= 4 is 11.3 Å². The molecule has 1 aliphatic rings. The van der Waals surface area contributed by atoms with Crippen molar-refractivity contribution in [1.82, 2.24) is 10.3 Å². The predicted molar refractivity (Wildman–Crippen MR) is 76.2 cm³/mol. The SMILES string of the molecule is COCCNC(c1nc(C(C)C)cs1)C1CCC1. The number of hydrogen-bond donors (Lipinski definition) is 1. The molecule has 0 spiro atoms. The van der Waals surface area contributed by atoms with Crippen LogP contribution in [-0.2, 0) is 4.74 Å². The standard InChI is InChI=1S/C14H24N2OS/c1-10(2)12-9-18-14(16-12)13(11-5-4-6-11)15-7-8-17-3/h9-11,13,15H,4-8H2,1-3H3. The Morgan fingerprint density at radius 3 is 2.78 bits per heavy atom. The van der Waals surface area contributed by atoms with Gasteiger partial charge in [0.15, 0.2) is 0 Å². The van der Waals surface area contributed by atoms with E-state index in [4.69, 9.17) is 9.72 Å². The molecule has 2 rings (SSSR count). The first kappa shape index (κ1) is 14.0. The molecule has 1 heterocycles. The first-order valence-corrected chi connectivity index (χ1v) is 7.78. The van der Waals surface area contributed by atoms with Crippen LogP contribution >= 0.6 is 11.3 Å². The number of aromatic nitrogens is 1. The van der Waals surface area contributed by atoms with E-state index in [2.05, 4.69) is 24.5 Å². The van der Waals surface area contributed by atoms with E-state index in [0.29, 0.717) is 12.0 Å². The molecule has 1 unspecified atom stereocenters. The lowest BCUT2D eigenvalue weighted by atomic mass is 9.80. The van der Waals surface area contributed by atoms with Gasteiger partial charge >= 0.3 is 0 Å². The summed E-state index contributed by atoms with van der Waals surface area (Å²) >= 11 is 1.81. The average molecular weight is 268 g/mol. The van der Waals surface area contributed by atoms with Gasteiger partial charge in [0.2, 0.25) is 0 Å². The molecule has 1 aromatic rings. The molecule has 0 radical (unpaired) electrons. The van der Waals surface area contributed by atoms with Gasteiger partial charge in [-0.05, 0) is 24.7 Å². The fraction of sp³-hybridized carbons (Fsp3) is 0.786. The van der Waals surface area contributed by atoms with E-state index in [1.165, 1.54) is 30.0 Å². The van der Waals surface area contributed by atoms with Gasteiger partial charge < -0.3 is 10.1 Å². The lowest BCUT2D eigenvalue weighted by molar-refractivity contribution is 0.176. The highest BCUT2D eigenvalue weighted by atomic mass is 32.1. The van der Waals surface area contributed by atoms with Crippen LogP contribution < -0.4 is 5.32 Å². The van der Waals surface area contributed by atoms with Crippen molar-refractivity contribution in [3.05, 3.63) is 16.1 Å². The Bertz CT molecular complexity index is 360. The minimum atomic E-state index is 0.436. The van der Waals surface area contributed by atoms with Crippen LogP contribution in [0.1, 0.15) is 55.8 Å². The Morgan fingerprint density at radius 1 is 1.50 bits per heavy atom. The topological polar surface area (TPSA) is 34.1 Å². The van der Waals surface area contributed by atoms with Gasteiger partial charge in [0.25, 0.3) is 0 Å². The maximum atomic E-state index is 5.12. The molecule has 0 bridgehead atoms. The van der Waals surface area contributed by atoms with Crippen LogP contribution in [0, 0.1) is 5.92 Å². The Morgan fingerprint density at radius 2 is 2.28 bits per heavy atom. The first-order valence-electron chi connectivity index (χ1n) is 6.90. The molecule has 1 aromatic heterocycles. The molecule has 1 N–H and O–H groups in total. The van der Waals surface area contributed by atoms with Crippen LogP contribution in [0.15, 0.2) is 5.38 Å². The van der Waals surface area contributed by atoms with Crippen molar-refractivity contribution in [2.75, 3.05) is 20.3 Å². The minimum absolute atomic E-state index is 0.436. The molecular formula is C14H24N2OS. The molecular weight excluding hydrogens is 244 g/mol. The molecule has 0 saturated heterocycles. The third-order valence-corrected chi connectivity index (χ3v) is 4.64. The van der Waals surface area contributed by atoms with Gasteiger partial charge in [0.05, 0.1) is 18.3 Å². The molecule has 1 aliphatic carbocycles. The summed E-state index contributed by atoms with van der Waals surface area (Å²) in [5, 5.41) is 7.09. The van der Waals surface area contributed by atoms with Crippen LogP contribution in [0.3, 0.4) is 0 Å². The third kappa shape index (κ3) is 3.31. The van der Waals surface area contributed by atoms with Crippen molar-refractivity contribution in [1.29, 1.82) is 0 Å². The molecule has 1 saturated carbocycles. The summed E-state index contributed by atoms with van der Waals surface area (Å²) in [5.74, 6) is 1.30. The van der Waals surface area contributed by atoms with Crippen molar-refractivity contribution in [2.45, 2.75) is 45.1 Å². The van der Waals surface area contributed by atoms with Crippen LogP contribution in [0.5, 0.6) is 0 Å². The highest BCUT2D eigenvalue weighted by Crippen LogP contribution is 2.39. The lowest BCUT2D eigenvalue weighted by Gasteiger charge is -2.33. The molecule has 4 heteroatoms. The number of ether oxygens (including phenoxy) is 1. The maximum absolute atomic E-state index is 5.12. The monoisotopic (exact) mass is 268 g/mol. The van der Waals surface area contributed by atoms with E-state index < -0.39 is 0 Å². The summed E-state index contributed by atoms with van der Waals surface area (Å²) in [6.45, 7) is 6.09. The zero-order valence-corrected chi connectivity index (χ0v) is 12.4. The molecule has 1 fully saturated rings. The minimum Gasteiger partial charge on any atom is -0.383 e. The van der Waals surface area contributed by atoms with Gasteiger partial charge in [-0.25, -0.2) is 4.98 Å². The fourth-order valence-corrected chi connectivity index (χ4v) is 3.40. The van der Waals surface area contributed by atoms with Crippen molar-refractivity contribution in [2.24, 2.45) is 5.92 Å².